The molecule has 116 valence electrons. The smallest absolute Gasteiger partial charge is 0.252 e. The molecule has 1 atom stereocenters. The molecule has 2 aromatic heterocycles. The van der Waals surface area contributed by atoms with Crippen LogP contribution in [0.2, 0.25) is 0 Å². The number of carbonyl (C=O) groups excluding carboxylic acids is 1. The third-order valence-corrected chi connectivity index (χ3v) is 3.55. The SMILES string of the molecule is Cn1ccnc1[C@H](NC(=O)c1ccncc1)c1ccccc1F. The summed E-state index contributed by atoms with van der Waals surface area (Å²) in [5.74, 6) is -0.156. The van der Waals surface area contributed by atoms with Gasteiger partial charge in [-0.3, -0.25) is 9.78 Å². The fourth-order valence-corrected chi connectivity index (χ4v) is 2.36. The molecule has 0 aliphatic heterocycles. The van der Waals surface area contributed by atoms with Crippen LogP contribution in [0, 0.1) is 5.82 Å². The molecular formula is C17H15FN4O. The number of hydrogen-bond acceptors (Lipinski definition) is 3. The van der Waals surface area contributed by atoms with E-state index >= 15 is 0 Å². The van der Waals surface area contributed by atoms with Crippen molar-refractivity contribution in [3.8, 4) is 0 Å². The van der Waals surface area contributed by atoms with Crippen molar-refractivity contribution in [1.29, 1.82) is 0 Å². The van der Waals surface area contributed by atoms with E-state index in [1.54, 1.807) is 54.3 Å². The number of carbonyl (C=O) groups is 1. The van der Waals surface area contributed by atoms with Gasteiger partial charge in [0.2, 0.25) is 0 Å². The molecule has 0 fully saturated rings. The number of rotatable bonds is 4. The Hall–Kier alpha value is -3.02. The van der Waals surface area contributed by atoms with E-state index in [9.17, 15) is 9.18 Å². The Bertz CT molecular complexity index is 816. The van der Waals surface area contributed by atoms with Gasteiger partial charge in [0.15, 0.2) is 0 Å². The molecule has 0 unspecified atom stereocenters. The highest BCUT2D eigenvalue weighted by molar-refractivity contribution is 5.94. The number of benzene rings is 1. The molecule has 5 nitrogen and oxygen atoms in total. The first-order valence-electron chi connectivity index (χ1n) is 7.09. The lowest BCUT2D eigenvalue weighted by Gasteiger charge is -2.19. The van der Waals surface area contributed by atoms with Crippen molar-refractivity contribution in [2.45, 2.75) is 6.04 Å². The highest BCUT2D eigenvalue weighted by Gasteiger charge is 2.23. The van der Waals surface area contributed by atoms with E-state index in [1.807, 2.05) is 0 Å². The number of halogens is 1. The van der Waals surface area contributed by atoms with Crippen LogP contribution in [0.4, 0.5) is 4.39 Å². The van der Waals surface area contributed by atoms with Crippen molar-refractivity contribution in [2.24, 2.45) is 7.05 Å². The van der Waals surface area contributed by atoms with E-state index in [-0.39, 0.29) is 5.91 Å². The van der Waals surface area contributed by atoms with E-state index in [0.717, 1.165) is 0 Å². The zero-order chi connectivity index (χ0) is 16.2. The van der Waals surface area contributed by atoms with Crippen LogP contribution >= 0.6 is 0 Å². The number of nitrogens with one attached hydrogen (secondary N) is 1. The number of hydrogen-bond donors (Lipinski definition) is 1. The summed E-state index contributed by atoms with van der Waals surface area (Å²) in [4.78, 5) is 20.6. The quantitative estimate of drug-likeness (QED) is 0.805. The minimum absolute atomic E-state index is 0.316. The van der Waals surface area contributed by atoms with Gasteiger partial charge in [-0.1, -0.05) is 18.2 Å². The molecule has 2 heterocycles. The van der Waals surface area contributed by atoms with Crippen LogP contribution in [0.15, 0.2) is 61.2 Å². The standard InChI is InChI=1S/C17H15FN4O/c1-22-11-10-20-16(22)15(13-4-2-3-5-14(13)18)21-17(23)12-6-8-19-9-7-12/h2-11,15H,1H3,(H,21,23)/t15-/m1/s1. The Labute approximate surface area is 132 Å². The van der Waals surface area contributed by atoms with E-state index < -0.39 is 11.9 Å². The van der Waals surface area contributed by atoms with Gasteiger partial charge >= 0.3 is 0 Å². The summed E-state index contributed by atoms with van der Waals surface area (Å²) in [6.07, 6.45) is 6.44. The van der Waals surface area contributed by atoms with Gasteiger partial charge in [-0.2, -0.15) is 0 Å². The highest BCUT2D eigenvalue weighted by Crippen LogP contribution is 2.23. The van der Waals surface area contributed by atoms with E-state index in [2.05, 4.69) is 15.3 Å². The van der Waals surface area contributed by atoms with Gasteiger partial charge in [0.1, 0.15) is 17.7 Å². The van der Waals surface area contributed by atoms with Crippen LogP contribution in [-0.2, 0) is 7.05 Å². The summed E-state index contributed by atoms with van der Waals surface area (Å²) in [6.45, 7) is 0. The number of imidazole rings is 1. The van der Waals surface area contributed by atoms with Gasteiger partial charge in [-0.25, -0.2) is 9.37 Å². The van der Waals surface area contributed by atoms with Gasteiger partial charge < -0.3 is 9.88 Å². The second-order valence-corrected chi connectivity index (χ2v) is 5.06. The van der Waals surface area contributed by atoms with Crippen molar-refractivity contribution < 1.29 is 9.18 Å². The number of aryl methyl sites for hydroxylation is 1. The Morgan fingerprint density at radius 3 is 2.57 bits per heavy atom. The summed E-state index contributed by atoms with van der Waals surface area (Å²) >= 11 is 0. The molecule has 1 amide bonds. The lowest BCUT2D eigenvalue weighted by molar-refractivity contribution is 0.0940. The zero-order valence-electron chi connectivity index (χ0n) is 12.5. The average molecular weight is 310 g/mol. The number of aromatic nitrogens is 3. The first kappa shape index (κ1) is 14.9. The molecule has 1 N–H and O–H groups in total. The molecule has 0 saturated carbocycles. The van der Waals surface area contributed by atoms with E-state index in [4.69, 9.17) is 0 Å². The highest BCUT2D eigenvalue weighted by atomic mass is 19.1. The minimum atomic E-state index is -0.683. The molecule has 0 spiro atoms. The number of amides is 1. The van der Waals surface area contributed by atoms with Gasteiger partial charge in [0.05, 0.1) is 0 Å². The molecule has 0 radical (unpaired) electrons. The van der Waals surface area contributed by atoms with Crippen LogP contribution in [0.1, 0.15) is 27.8 Å². The molecule has 1 aromatic carbocycles. The molecular weight excluding hydrogens is 295 g/mol. The van der Waals surface area contributed by atoms with Crippen LogP contribution in [-0.4, -0.2) is 20.4 Å². The predicted molar refractivity (Wildman–Crippen MR) is 83.2 cm³/mol. The molecule has 0 bridgehead atoms. The minimum Gasteiger partial charge on any atom is -0.338 e. The van der Waals surface area contributed by atoms with Crippen molar-refractivity contribution in [3.05, 3.63) is 84.0 Å². The first-order valence-corrected chi connectivity index (χ1v) is 7.09. The summed E-state index contributed by atoms with van der Waals surface area (Å²) < 4.78 is 16.0. The normalized spacial score (nSPS) is 11.9. The van der Waals surface area contributed by atoms with Crippen molar-refractivity contribution in [1.82, 2.24) is 19.9 Å². The maximum atomic E-state index is 14.2. The molecule has 0 aliphatic rings. The Morgan fingerprint density at radius 2 is 1.91 bits per heavy atom. The molecule has 0 aliphatic carbocycles. The summed E-state index contributed by atoms with van der Waals surface area (Å²) in [7, 11) is 1.80. The van der Waals surface area contributed by atoms with Crippen LogP contribution < -0.4 is 5.32 Å². The van der Waals surface area contributed by atoms with Gasteiger partial charge in [0.25, 0.3) is 5.91 Å². The summed E-state index contributed by atoms with van der Waals surface area (Å²) in [5, 5.41) is 2.84. The van der Waals surface area contributed by atoms with Crippen LogP contribution in [0.3, 0.4) is 0 Å². The van der Waals surface area contributed by atoms with Gasteiger partial charge in [0, 0.05) is 43.0 Å². The number of pyridine rings is 1. The van der Waals surface area contributed by atoms with Crippen LogP contribution in [0.5, 0.6) is 0 Å². The predicted octanol–water partition coefficient (Wildman–Crippen LogP) is 2.47. The van der Waals surface area contributed by atoms with Crippen LogP contribution in [0.25, 0.3) is 0 Å². The second-order valence-electron chi connectivity index (χ2n) is 5.06. The summed E-state index contributed by atoms with van der Waals surface area (Å²) in [6, 6.07) is 8.87. The maximum absolute atomic E-state index is 14.2. The molecule has 3 aromatic rings. The van der Waals surface area contributed by atoms with Gasteiger partial charge in [-0.15, -0.1) is 0 Å². The maximum Gasteiger partial charge on any atom is 0.252 e. The Kier molecular flexibility index (Phi) is 4.14. The molecule has 0 saturated heterocycles. The second kappa shape index (κ2) is 6.39. The third kappa shape index (κ3) is 3.11. The average Bonchev–Trinajstić information content (AvgIpc) is 3.00. The topological polar surface area (TPSA) is 59.8 Å². The summed E-state index contributed by atoms with van der Waals surface area (Å²) in [5.41, 5.74) is 0.819. The number of nitrogens with zero attached hydrogens (tertiary/aromatic N) is 3. The largest absolute Gasteiger partial charge is 0.338 e. The molecule has 3 rings (SSSR count). The van der Waals surface area contributed by atoms with E-state index in [1.165, 1.54) is 18.5 Å². The fraction of sp³-hybridized carbons (Fsp3) is 0.118. The Morgan fingerprint density at radius 1 is 1.17 bits per heavy atom. The lowest BCUT2D eigenvalue weighted by Crippen LogP contribution is -2.31. The third-order valence-electron chi connectivity index (χ3n) is 3.55. The zero-order valence-corrected chi connectivity index (χ0v) is 12.5. The molecule has 6 heteroatoms. The fourth-order valence-electron chi connectivity index (χ4n) is 2.36. The monoisotopic (exact) mass is 310 g/mol. The van der Waals surface area contributed by atoms with Crippen molar-refractivity contribution in [3.63, 3.8) is 0 Å². The molecule has 23 heavy (non-hydrogen) atoms. The van der Waals surface area contributed by atoms with Gasteiger partial charge in [-0.05, 0) is 18.2 Å². The Balaban J connectivity index is 1.98. The first-order chi connectivity index (χ1) is 11.2. The van der Waals surface area contributed by atoms with Crippen molar-refractivity contribution in [2.75, 3.05) is 0 Å². The van der Waals surface area contributed by atoms with Crippen molar-refractivity contribution >= 4 is 5.91 Å². The lowest BCUT2D eigenvalue weighted by atomic mass is 10.0. The van der Waals surface area contributed by atoms with E-state index in [0.29, 0.717) is 17.0 Å².